The maximum atomic E-state index is 6.35. The number of aromatic nitrogens is 2. The molecule has 0 spiro atoms. The fourth-order valence-electron chi connectivity index (χ4n) is 2.59. The van der Waals surface area contributed by atoms with E-state index in [-0.39, 0.29) is 12.4 Å². The lowest BCUT2D eigenvalue weighted by Crippen LogP contribution is -2.34. The molecule has 1 aliphatic rings. The molecule has 2 N–H and O–H groups in total. The van der Waals surface area contributed by atoms with Crippen molar-refractivity contribution in [2.75, 3.05) is 6.26 Å². The van der Waals surface area contributed by atoms with Crippen LogP contribution in [0.3, 0.4) is 0 Å². The predicted octanol–water partition coefficient (Wildman–Crippen LogP) is 3.61. The van der Waals surface area contributed by atoms with E-state index in [9.17, 15) is 0 Å². The van der Waals surface area contributed by atoms with Gasteiger partial charge in [-0.2, -0.15) is 4.98 Å². The van der Waals surface area contributed by atoms with Crippen LogP contribution in [0.5, 0.6) is 0 Å². The largest absolute Gasteiger partial charge is 0.334 e. The Bertz CT molecular complexity index is 581. The van der Waals surface area contributed by atoms with Crippen LogP contribution in [0.15, 0.2) is 33.7 Å². The molecule has 0 bridgehead atoms. The third kappa shape index (κ3) is 2.71. The van der Waals surface area contributed by atoms with Crippen LogP contribution in [0.2, 0.25) is 0 Å². The van der Waals surface area contributed by atoms with E-state index in [2.05, 4.69) is 16.2 Å². The van der Waals surface area contributed by atoms with Crippen molar-refractivity contribution in [3.8, 4) is 11.5 Å². The second-order valence-corrected chi connectivity index (χ2v) is 5.83. The molecule has 2 aromatic rings. The van der Waals surface area contributed by atoms with E-state index < -0.39 is 5.54 Å². The highest BCUT2D eigenvalue weighted by atomic mass is 35.5. The third-order valence-electron chi connectivity index (χ3n) is 3.70. The van der Waals surface area contributed by atoms with Gasteiger partial charge in [0.25, 0.3) is 5.89 Å². The zero-order chi connectivity index (χ0) is 13.3. The van der Waals surface area contributed by atoms with Crippen LogP contribution in [0.25, 0.3) is 11.5 Å². The van der Waals surface area contributed by atoms with Gasteiger partial charge in [-0.3, -0.25) is 0 Å². The highest BCUT2D eigenvalue weighted by Gasteiger charge is 2.36. The van der Waals surface area contributed by atoms with E-state index in [1.165, 1.54) is 0 Å². The molecule has 1 heterocycles. The lowest BCUT2D eigenvalue weighted by Gasteiger charge is -2.17. The molecule has 6 heteroatoms. The van der Waals surface area contributed by atoms with E-state index in [0.717, 1.165) is 36.1 Å². The second-order valence-electron chi connectivity index (χ2n) is 4.99. The number of nitrogens with zero attached hydrogens (tertiary/aromatic N) is 2. The highest BCUT2D eigenvalue weighted by Crippen LogP contribution is 2.36. The van der Waals surface area contributed by atoms with Crippen LogP contribution < -0.4 is 5.73 Å². The predicted molar refractivity (Wildman–Crippen MR) is 83.1 cm³/mol. The molecule has 108 valence electrons. The Morgan fingerprint density at radius 3 is 2.65 bits per heavy atom. The maximum Gasteiger partial charge on any atom is 0.259 e. The molecule has 3 rings (SSSR count). The van der Waals surface area contributed by atoms with Crippen molar-refractivity contribution in [3.63, 3.8) is 0 Å². The molecular formula is C14H18ClN3OS. The van der Waals surface area contributed by atoms with Gasteiger partial charge in [0.15, 0.2) is 5.82 Å². The zero-order valence-corrected chi connectivity index (χ0v) is 13.0. The summed E-state index contributed by atoms with van der Waals surface area (Å²) < 4.78 is 5.42. The molecule has 0 aliphatic heterocycles. The van der Waals surface area contributed by atoms with Crippen LogP contribution in [0, 0.1) is 0 Å². The highest BCUT2D eigenvalue weighted by molar-refractivity contribution is 7.98. The first kappa shape index (κ1) is 15.4. The van der Waals surface area contributed by atoms with Gasteiger partial charge in [-0.15, -0.1) is 24.2 Å². The summed E-state index contributed by atoms with van der Waals surface area (Å²) in [5.41, 5.74) is 6.94. The van der Waals surface area contributed by atoms with Crippen LogP contribution in [0.1, 0.15) is 31.5 Å². The Hall–Kier alpha value is -1.04. The number of halogens is 1. The molecule has 0 amide bonds. The van der Waals surface area contributed by atoms with Gasteiger partial charge in [0, 0.05) is 4.90 Å². The molecule has 1 aromatic heterocycles. The van der Waals surface area contributed by atoms with Crippen molar-refractivity contribution >= 4 is 24.2 Å². The molecule has 0 atom stereocenters. The van der Waals surface area contributed by atoms with E-state index >= 15 is 0 Å². The first-order chi connectivity index (χ1) is 9.23. The van der Waals surface area contributed by atoms with Crippen molar-refractivity contribution in [3.05, 3.63) is 30.1 Å². The smallest absolute Gasteiger partial charge is 0.259 e. The van der Waals surface area contributed by atoms with Crippen molar-refractivity contribution in [2.24, 2.45) is 5.73 Å². The number of hydrogen-bond acceptors (Lipinski definition) is 5. The number of rotatable bonds is 3. The SMILES string of the molecule is CSc1ccccc1-c1nc(C2(N)CCCC2)no1.Cl. The van der Waals surface area contributed by atoms with E-state index in [1.54, 1.807) is 11.8 Å². The van der Waals surface area contributed by atoms with E-state index in [1.807, 2.05) is 24.5 Å². The molecule has 0 saturated heterocycles. The summed E-state index contributed by atoms with van der Waals surface area (Å²) in [4.78, 5) is 5.66. The van der Waals surface area contributed by atoms with Crippen LogP contribution in [-0.2, 0) is 5.54 Å². The average molecular weight is 312 g/mol. The Labute approximate surface area is 128 Å². The van der Waals surface area contributed by atoms with Gasteiger partial charge in [-0.25, -0.2) is 0 Å². The zero-order valence-electron chi connectivity index (χ0n) is 11.3. The quantitative estimate of drug-likeness (QED) is 0.877. The molecule has 0 radical (unpaired) electrons. The minimum atomic E-state index is -0.393. The summed E-state index contributed by atoms with van der Waals surface area (Å²) in [6.07, 6.45) is 6.20. The van der Waals surface area contributed by atoms with Gasteiger partial charge >= 0.3 is 0 Å². The van der Waals surface area contributed by atoms with Crippen LogP contribution in [0.4, 0.5) is 0 Å². The minimum Gasteiger partial charge on any atom is -0.334 e. The molecule has 4 nitrogen and oxygen atoms in total. The number of nitrogens with two attached hydrogens (primary N) is 1. The average Bonchev–Trinajstić information content (AvgIpc) is 3.08. The van der Waals surface area contributed by atoms with Gasteiger partial charge in [0.2, 0.25) is 0 Å². The number of hydrogen-bond donors (Lipinski definition) is 1. The Morgan fingerprint density at radius 1 is 1.25 bits per heavy atom. The Kier molecular flexibility index (Phi) is 4.73. The molecule has 1 saturated carbocycles. The first-order valence-corrected chi connectivity index (χ1v) is 7.72. The standard InChI is InChI=1S/C14H17N3OS.ClH/c1-19-11-7-3-2-6-10(11)12-16-13(17-18-12)14(15)8-4-5-9-14;/h2-3,6-7H,4-5,8-9,15H2,1H3;1H. The van der Waals surface area contributed by atoms with Crippen molar-refractivity contribution in [1.82, 2.24) is 10.1 Å². The fraction of sp³-hybridized carbons (Fsp3) is 0.429. The molecule has 1 aromatic carbocycles. The Balaban J connectivity index is 0.00000147. The molecular weight excluding hydrogens is 294 g/mol. The van der Waals surface area contributed by atoms with Gasteiger partial charge in [-0.1, -0.05) is 30.1 Å². The minimum absolute atomic E-state index is 0. The lowest BCUT2D eigenvalue weighted by molar-refractivity contribution is 0.372. The van der Waals surface area contributed by atoms with Crippen molar-refractivity contribution in [2.45, 2.75) is 36.1 Å². The molecule has 20 heavy (non-hydrogen) atoms. The number of benzene rings is 1. The van der Waals surface area contributed by atoms with E-state index in [0.29, 0.717) is 11.7 Å². The van der Waals surface area contributed by atoms with Crippen molar-refractivity contribution in [1.29, 1.82) is 0 Å². The topological polar surface area (TPSA) is 64.9 Å². The van der Waals surface area contributed by atoms with Gasteiger partial charge in [0.05, 0.1) is 11.1 Å². The van der Waals surface area contributed by atoms with Crippen LogP contribution >= 0.6 is 24.2 Å². The number of thioether (sulfide) groups is 1. The third-order valence-corrected chi connectivity index (χ3v) is 4.50. The molecule has 1 fully saturated rings. The van der Waals surface area contributed by atoms with Gasteiger partial charge in [0.1, 0.15) is 0 Å². The summed E-state index contributed by atoms with van der Waals surface area (Å²) >= 11 is 1.67. The second kappa shape index (κ2) is 6.16. The normalized spacial score (nSPS) is 16.9. The fourth-order valence-corrected chi connectivity index (χ4v) is 3.18. The molecule has 1 aliphatic carbocycles. The summed E-state index contributed by atoms with van der Waals surface area (Å²) in [6, 6.07) is 8.04. The van der Waals surface area contributed by atoms with Crippen molar-refractivity contribution < 1.29 is 4.52 Å². The monoisotopic (exact) mass is 311 g/mol. The van der Waals surface area contributed by atoms with Gasteiger partial charge in [-0.05, 0) is 31.2 Å². The summed E-state index contributed by atoms with van der Waals surface area (Å²) in [5.74, 6) is 1.22. The first-order valence-electron chi connectivity index (χ1n) is 6.49. The maximum absolute atomic E-state index is 6.35. The summed E-state index contributed by atoms with van der Waals surface area (Å²) in [6.45, 7) is 0. The van der Waals surface area contributed by atoms with E-state index in [4.69, 9.17) is 10.3 Å². The summed E-state index contributed by atoms with van der Waals surface area (Å²) in [7, 11) is 0. The molecule has 0 unspecified atom stereocenters. The van der Waals surface area contributed by atoms with Gasteiger partial charge < -0.3 is 10.3 Å². The Morgan fingerprint density at radius 2 is 1.95 bits per heavy atom. The van der Waals surface area contributed by atoms with Crippen LogP contribution in [-0.4, -0.2) is 16.4 Å². The summed E-state index contributed by atoms with van der Waals surface area (Å²) in [5, 5.41) is 4.10. The lowest BCUT2D eigenvalue weighted by atomic mass is 9.99.